The lowest BCUT2D eigenvalue weighted by Gasteiger charge is -2.14. The van der Waals surface area contributed by atoms with Crippen molar-refractivity contribution in [3.8, 4) is 0 Å². The van der Waals surface area contributed by atoms with E-state index in [9.17, 15) is 9.59 Å². The number of nitrogens with zero attached hydrogens (tertiary/aromatic N) is 3. The molecule has 8 heteroatoms. The Morgan fingerprint density at radius 2 is 1.96 bits per heavy atom. The number of urea groups is 1. The molecule has 4 rings (SSSR count). The first-order chi connectivity index (χ1) is 13.6. The summed E-state index contributed by atoms with van der Waals surface area (Å²) in [6, 6.07) is 14.6. The smallest absolute Gasteiger partial charge is 0.321 e. The third kappa shape index (κ3) is 3.84. The first-order valence-corrected chi connectivity index (χ1v) is 9.20. The first-order valence-electron chi connectivity index (χ1n) is 8.83. The van der Waals surface area contributed by atoms with E-state index in [1.54, 1.807) is 40.0 Å². The number of nitrogens with one attached hydrogen (secondary N) is 2. The van der Waals surface area contributed by atoms with Crippen molar-refractivity contribution >= 4 is 34.9 Å². The fourth-order valence-corrected chi connectivity index (χ4v) is 3.21. The van der Waals surface area contributed by atoms with Crippen LogP contribution in [0.1, 0.15) is 15.9 Å². The number of hydrogen-bond donors (Lipinski definition) is 2. The number of rotatable bonds is 5. The van der Waals surface area contributed by atoms with Crippen LogP contribution in [0.15, 0.2) is 60.9 Å². The van der Waals surface area contributed by atoms with Gasteiger partial charge in [0.05, 0.1) is 18.3 Å². The Labute approximate surface area is 166 Å². The van der Waals surface area contributed by atoms with Crippen molar-refractivity contribution in [2.75, 3.05) is 23.3 Å². The average Bonchev–Trinajstić information content (AvgIpc) is 3.33. The van der Waals surface area contributed by atoms with Gasteiger partial charge in [0.15, 0.2) is 0 Å². The summed E-state index contributed by atoms with van der Waals surface area (Å²) in [4.78, 5) is 25.8. The Morgan fingerprint density at radius 1 is 1.18 bits per heavy atom. The molecule has 2 aromatic carbocycles. The van der Waals surface area contributed by atoms with Gasteiger partial charge in [0, 0.05) is 35.7 Å². The zero-order valence-corrected chi connectivity index (χ0v) is 15.7. The van der Waals surface area contributed by atoms with E-state index in [1.165, 1.54) is 6.20 Å². The minimum absolute atomic E-state index is 0.109. The number of halogens is 1. The lowest BCUT2D eigenvalue weighted by atomic mass is 10.2. The predicted molar refractivity (Wildman–Crippen MR) is 108 cm³/mol. The highest BCUT2D eigenvalue weighted by molar-refractivity contribution is 6.31. The number of carbonyl (C=O) groups excluding carboxylic acids is 2. The van der Waals surface area contributed by atoms with Gasteiger partial charge in [-0.25, -0.2) is 4.79 Å². The molecule has 3 amide bonds. The summed E-state index contributed by atoms with van der Waals surface area (Å²) in [6.45, 7) is 1.75. The van der Waals surface area contributed by atoms with E-state index in [0.717, 1.165) is 11.3 Å². The van der Waals surface area contributed by atoms with E-state index < -0.39 is 0 Å². The summed E-state index contributed by atoms with van der Waals surface area (Å²) in [7, 11) is 0. The van der Waals surface area contributed by atoms with Crippen LogP contribution in [0.5, 0.6) is 0 Å². The normalized spacial score (nSPS) is 13.5. The lowest BCUT2D eigenvalue weighted by molar-refractivity contribution is 0.102. The van der Waals surface area contributed by atoms with Crippen molar-refractivity contribution in [2.45, 2.75) is 6.54 Å². The highest BCUT2D eigenvalue weighted by atomic mass is 35.5. The molecular formula is C20H18ClN5O2. The summed E-state index contributed by atoms with van der Waals surface area (Å²) in [5, 5.41) is 10.5. The third-order valence-corrected chi connectivity index (χ3v) is 4.85. The summed E-state index contributed by atoms with van der Waals surface area (Å²) >= 11 is 6.17. The van der Waals surface area contributed by atoms with Crippen LogP contribution in [0, 0.1) is 0 Å². The number of anilines is 2. The molecular weight excluding hydrogens is 378 g/mol. The van der Waals surface area contributed by atoms with Crippen LogP contribution in [0.4, 0.5) is 16.2 Å². The lowest BCUT2D eigenvalue weighted by Crippen LogP contribution is -2.27. The molecule has 0 atom stereocenters. The van der Waals surface area contributed by atoms with Crippen LogP contribution in [0.2, 0.25) is 5.02 Å². The molecule has 7 nitrogen and oxygen atoms in total. The summed E-state index contributed by atoms with van der Waals surface area (Å²) in [5.74, 6) is -0.253. The summed E-state index contributed by atoms with van der Waals surface area (Å²) in [6.07, 6.45) is 3.21. The SMILES string of the molecule is O=C(Nc1ccc(N2CCNC2=O)cc1)c1cnn(Cc2ccccc2Cl)c1. The number of carbonyl (C=O) groups is 2. The van der Waals surface area contributed by atoms with Crippen LogP contribution < -0.4 is 15.5 Å². The van der Waals surface area contributed by atoms with Gasteiger partial charge in [0.1, 0.15) is 0 Å². The van der Waals surface area contributed by atoms with E-state index in [4.69, 9.17) is 11.6 Å². The zero-order valence-electron chi connectivity index (χ0n) is 14.9. The van der Waals surface area contributed by atoms with Gasteiger partial charge < -0.3 is 10.6 Å². The standard InChI is InChI=1S/C20H18ClN5O2/c21-18-4-2-1-3-14(18)12-25-13-15(11-23-25)19(27)24-16-5-7-17(8-6-16)26-10-9-22-20(26)28/h1-8,11,13H,9-10,12H2,(H,22,28)(H,24,27). The van der Waals surface area contributed by atoms with Gasteiger partial charge in [-0.1, -0.05) is 29.8 Å². The van der Waals surface area contributed by atoms with Crippen molar-refractivity contribution in [2.24, 2.45) is 0 Å². The molecule has 3 aromatic rings. The topological polar surface area (TPSA) is 79.3 Å². The average molecular weight is 396 g/mol. The monoisotopic (exact) mass is 395 g/mol. The van der Waals surface area contributed by atoms with Crippen molar-refractivity contribution in [1.82, 2.24) is 15.1 Å². The predicted octanol–water partition coefficient (Wildman–Crippen LogP) is 3.37. The van der Waals surface area contributed by atoms with Gasteiger partial charge in [-0.05, 0) is 35.9 Å². The molecule has 1 aliphatic rings. The molecule has 1 aromatic heterocycles. The van der Waals surface area contributed by atoms with Crippen LogP contribution in [0.25, 0.3) is 0 Å². The van der Waals surface area contributed by atoms with Gasteiger partial charge in [-0.15, -0.1) is 0 Å². The molecule has 1 fully saturated rings. The van der Waals surface area contributed by atoms with Crippen LogP contribution >= 0.6 is 11.6 Å². The number of aromatic nitrogens is 2. The second-order valence-corrected chi connectivity index (χ2v) is 6.81. The Balaban J connectivity index is 1.41. The Hall–Kier alpha value is -3.32. The molecule has 0 bridgehead atoms. The third-order valence-electron chi connectivity index (χ3n) is 4.48. The Kier molecular flexibility index (Phi) is 4.99. The number of hydrogen-bond acceptors (Lipinski definition) is 3. The molecule has 1 saturated heterocycles. The van der Waals surface area contributed by atoms with E-state index in [-0.39, 0.29) is 11.9 Å². The van der Waals surface area contributed by atoms with Gasteiger partial charge in [-0.3, -0.25) is 14.4 Å². The van der Waals surface area contributed by atoms with E-state index >= 15 is 0 Å². The van der Waals surface area contributed by atoms with Gasteiger partial charge >= 0.3 is 6.03 Å². The molecule has 142 valence electrons. The molecule has 2 heterocycles. The minimum Gasteiger partial charge on any atom is -0.336 e. The summed E-state index contributed by atoms with van der Waals surface area (Å²) < 4.78 is 1.67. The minimum atomic E-state index is -0.253. The van der Waals surface area contributed by atoms with E-state index in [1.807, 2.05) is 24.3 Å². The maximum Gasteiger partial charge on any atom is 0.321 e. The maximum atomic E-state index is 12.5. The van der Waals surface area contributed by atoms with Crippen molar-refractivity contribution in [1.29, 1.82) is 0 Å². The fraction of sp³-hybridized carbons (Fsp3) is 0.150. The van der Waals surface area contributed by atoms with Crippen LogP contribution in [-0.4, -0.2) is 34.8 Å². The van der Waals surface area contributed by atoms with Crippen molar-refractivity contribution in [3.63, 3.8) is 0 Å². The molecule has 2 N–H and O–H groups in total. The highest BCUT2D eigenvalue weighted by Gasteiger charge is 2.20. The maximum absolute atomic E-state index is 12.5. The largest absolute Gasteiger partial charge is 0.336 e. The van der Waals surface area contributed by atoms with E-state index in [2.05, 4.69) is 15.7 Å². The molecule has 0 radical (unpaired) electrons. The Morgan fingerprint density at radius 3 is 2.68 bits per heavy atom. The van der Waals surface area contributed by atoms with Crippen LogP contribution in [-0.2, 0) is 6.54 Å². The fourth-order valence-electron chi connectivity index (χ4n) is 3.01. The first kappa shape index (κ1) is 18.1. The highest BCUT2D eigenvalue weighted by Crippen LogP contribution is 2.20. The molecule has 0 unspecified atom stereocenters. The molecule has 1 aliphatic heterocycles. The van der Waals surface area contributed by atoms with Gasteiger partial charge in [0.25, 0.3) is 5.91 Å². The Bertz CT molecular complexity index is 1020. The second-order valence-electron chi connectivity index (χ2n) is 6.40. The van der Waals surface area contributed by atoms with Crippen molar-refractivity contribution in [3.05, 3.63) is 77.1 Å². The van der Waals surface area contributed by atoms with Crippen LogP contribution in [0.3, 0.4) is 0 Å². The molecule has 0 saturated carbocycles. The second kappa shape index (κ2) is 7.74. The molecule has 28 heavy (non-hydrogen) atoms. The number of amides is 3. The number of benzene rings is 2. The zero-order chi connectivity index (χ0) is 19.5. The molecule has 0 aliphatic carbocycles. The molecule has 0 spiro atoms. The van der Waals surface area contributed by atoms with Crippen molar-refractivity contribution < 1.29 is 9.59 Å². The quantitative estimate of drug-likeness (QED) is 0.695. The summed E-state index contributed by atoms with van der Waals surface area (Å²) in [5.41, 5.74) is 2.82. The van der Waals surface area contributed by atoms with Gasteiger partial charge in [0.2, 0.25) is 0 Å². The van der Waals surface area contributed by atoms with Gasteiger partial charge in [-0.2, -0.15) is 5.10 Å². The van der Waals surface area contributed by atoms with E-state index in [0.29, 0.717) is 35.9 Å².